The van der Waals surface area contributed by atoms with Crippen LogP contribution in [0.3, 0.4) is 0 Å². The van der Waals surface area contributed by atoms with E-state index >= 15 is 0 Å². The van der Waals surface area contributed by atoms with E-state index in [2.05, 4.69) is 20.2 Å². The molecule has 0 radical (unpaired) electrons. The van der Waals surface area contributed by atoms with Crippen LogP contribution in [0.1, 0.15) is 13.8 Å². The number of thiophene rings is 1. The second-order valence-corrected chi connectivity index (χ2v) is 3.64. The van der Waals surface area contributed by atoms with Crippen molar-refractivity contribution >= 4 is 11.3 Å². The summed E-state index contributed by atoms with van der Waals surface area (Å²) in [5.41, 5.74) is 0. The smallest absolute Gasteiger partial charge is 0.165 e. The quantitative estimate of drug-likeness (QED) is 0.691. The molecule has 3 aromatic rings. The van der Waals surface area contributed by atoms with Gasteiger partial charge >= 0.3 is 0 Å². The van der Waals surface area contributed by atoms with E-state index in [0.29, 0.717) is 0 Å². The topological polar surface area (TPSA) is 57.4 Å². The van der Waals surface area contributed by atoms with Gasteiger partial charge in [-0.1, -0.05) is 19.9 Å². The van der Waals surface area contributed by atoms with E-state index in [0.717, 1.165) is 10.7 Å². The Morgan fingerprint density at radius 2 is 1.88 bits per heavy atom. The largest absolute Gasteiger partial charge is 0.368 e. The highest BCUT2D eigenvalue weighted by Crippen LogP contribution is 2.18. The van der Waals surface area contributed by atoms with Gasteiger partial charge in [-0.15, -0.1) is 11.3 Å². The predicted octanol–water partition coefficient (Wildman–Crippen LogP) is 3.57. The van der Waals surface area contributed by atoms with Crippen molar-refractivity contribution < 1.29 is 0 Å². The van der Waals surface area contributed by atoms with Gasteiger partial charge < -0.3 is 4.98 Å². The highest BCUT2D eigenvalue weighted by Gasteiger charge is 1.98. The van der Waals surface area contributed by atoms with E-state index < -0.39 is 0 Å². The molecule has 3 rings (SSSR count). The first-order chi connectivity index (χ1) is 8.47. The Kier molecular flexibility index (Phi) is 6.43. The van der Waals surface area contributed by atoms with Crippen LogP contribution in [0.5, 0.6) is 0 Å². The summed E-state index contributed by atoms with van der Waals surface area (Å²) in [7, 11) is 0. The van der Waals surface area contributed by atoms with Crippen molar-refractivity contribution in [2.45, 2.75) is 13.8 Å². The molecule has 0 atom stereocenters. The molecule has 3 heterocycles. The standard InChI is InChI=1S/C6H5N3S.C4H5N.C2H6/c1-2-5(10-3-1)6-7-4-8-9-6;1-2-4-5-3-1;1-2/h1-4H,(H,7,8,9);1-5H;1-2H3. The summed E-state index contributed by atoms with van der Waals surface area (Å²) in [6.45, 7) is 4.00. The van der Waals surface area contributed by atoms with Crippen LogP contribution < -0.4 is 0 Å². The Morgan fingerprint density at radius 1 is 1.12 bits per heavy atom. The third-order valence-corrected chi connectivity index (χ3v) is 2.54. The van der Waals surface area contributed by atoms with Crippen LogP contribution in [-0.4, -0.2) is 20.2 Å². The number of hydrogen-bond acceptors (Lipinski definition) is 3. The molecule has 0 spiro atoms. The van der Waals surface area contributed by atoms with Crippen LogP contribution in [0.25, 0.3) is 10.7 Å². The molecule has 0 fully saturated rings. The van der Waals surface area contributed by atoms with Crippen LogP contribution in [0.15, 0.2) is 48.4 Å². The van der Waals surface area contributed by atoms with Gasteiger partial charge in [-0.25, -0.2) is 4.98 Å². The molecule has 0 aliphatic heterocycles. The van der Waals surface area contributed by atoms with Crippen LogP contribution >= 0.6 is 11.3 Å². The number of nitrogens with zero attached hydrogens (tertiary/aromatic N) is 2. The molecule has 0 bridgehead atoms. The zero-order valence-electron chi connectivity index (χ0n) is 9.92. The first-order valence-corrected chi connectivity index (χ1v) is 6.32. The van der Waals surface area contributed by atoms with E-state index in [1.165, 1.54) is 6.33 Å². The molecular formula is C12H16N4S. The number of nitrogens with one attached hydrogen (secondary N) is 2. The first kappa shape index (κ1) is 13.2. The molecule has 0 aliphatic carbocycles. The summed E-state index contributed by atoms with van der Waals surface area (Å²) >= 11 is 1.65. The second-order valence-electron chi connectivity index (χ2n) is 2.70. The van der Waals surface area contributed by atoms with Crippen LogP contribution in [0, 0.1) is 0 Å². The lowest BCUT2D eigenvalue weighted by molar-refractivity contribution is 1.10. The van der Waals surface area contributed by atoms with Gasteiger partial charge in [-0.3, -0.25) is 5.10 Å². The number of aromatic amines is 2. The molecule has 17 heavy (non-hydrogen) atoms. The Bertz CT molecular complexity index is 393. The average Bonchev–Trinajstić information content (AvgIpc) is 3.15. The highest BCUT2D eigenvalue weighted by molar-refractivity contribution is 7.13. The molecule has 3 aromatic heterocycles. The summed E-state index contributed by atoms with van der Waals surface area (Å²) in [5.74, 6) is 0.843. The minimum Gasteiger partial charge on any atom is -0.368 e. The third-order valence-electron chi connectivity index (χ3n) is 1.67. The molecule has 5 heteroatoms. The fourth-order valence-electron chi connectivity index (χ4n) is 1.02. The average molecular weight is 248 g/mol. The Morgan fingerprint density at radius 3 is 2.29 bits per heavy atom. The molecule has 0 unspecified atom stereocenters. The van der Waals surface area contributed by atoms with Crippen LogP contribution in [-0.2, 0) is 0 Å². The van der Waals surface area contributed by atoms with Crippen molar-refractivity contribution in [1.29, 1.82) is 0 Å². The van der Waals surface area contributed by atoms with Gasteiger partial charge in [0, 0.05) is 12.4 Å². The molecule has 0 aromatic carbocycles. The van der Waals surface area contributed by atoms with Gasteiger partial charge in [0.25, 0.3) is 0 Å². The van der Waals surface area contributed by atoms with Crippen molar-refractivity contribution in [2.24, 2.45) is 0 Å². The Balaban J connectivity index is 0.000000175. The first-order valence-electron chi connectivity index (χ1n) is 5.44. The number of H-pyrrole nitrogens is 2. The summed E-state index contributed by atoms with van der Waals surface area (Å²) in [5, 5.41) is 8.55. The van der Waals surface area contributed by atoms with Crippen molar-refractivity contribution in [2.75, 3.05) is 0 Å². The summed E-state index contributed by atoms with van der Waals surface area (Å²) in [4.78, 5) is 7.99. The van der Waals surface area contributed by atoms with E-state index in [1.807, 2.05) is 55.9 Å². The van der Waals surface area contributed by atoms with E-state index in [9.17, 15) is 0 Å². The van der Waals surface area contributed by atoms with E-state index in [-0.39, 0.29) is 0 Å². The maximum atomic E-state index is 4.00. The third kappa shape index (κ3) is 4.65. The maximum Gasteiger partial charge on any atom is 0.165 e. The molecule has 2 N–H and O–H groups in total. The molecular weight excluding hydrogens is 232 g/mol. The normalized spacial score (nSPS) is 8.59. The zero-order chi connectivity index (χ0) is 12.3. The molecule has 0 saturated heterocycles. The highest BCUT2D eigenvalue weighted by atomic mass is 32.1. The van der Waals surface area contributed by atoms with Gasteiger partial charge in [0.1, 0.15) is 6.33 Å². The van der Waals surface area contributed by atoms with Gasteiger partial charge in [0.15, 0.2) is 5.82 Å². The van der Waals surface area contributed by atoms with Crippen LogP contribution in [0.2, 0.25) is 0 Å². The molecule has 0 saturated carbocycles. The van der Waals surface area contributed by atoms with Gasteiger partial charge in [0.2, 0.25) is 0 Å². The number of aromatic nitrogens is 4. The molecule has 90 valence electrons. The Hall–Kier alpha value is -1.88. The minimum absolute atomic E-state index is 0.843. The summed E-state index contributed by atoms with van der Waals surface area (Å²) in [6, 6.07) is 7.88. The minimum atomic E-state index is 0.843. The zero-order valence-corrected chi connectivity index (χ0v) is 10.7. The summed E-state index contributed by atoms with van der Waals surface area (Å²) in [6.07, 6.45) is 5.26. The lowest BCUT2D eigenvalue weighted by Crippen LogP contribution is -1.72. The predicted molar refractivity (Wildman–Crippen MR) is 71.8 cm³/mol. The number of hydrogen-bond donors (Lipinski definition) is 2. The number of rotatable bonds is 1. The fraction of sp³-hybridized carbons (Fsp3) is 0.167. The van der Waals surface area contributed by atoms with Crippen molar-refractivity contribution in [3.63, 3.8) is 0 Å². The summed E-state index contributed by atoms with van der Waals surface area (Å²) < 4.78 is 0. The van der Waals surface area contributed by atoms with Crippen LogP contribution in [0.4, 0.5) is 0 Å². The van der Waals surface area contributed by atoms with Gasteiger partial charge in [-0.05, 0) is 23.6 Å². The second kappa shape index (κ2) is 8.29. The van der Waals surface area contributed by atoms with Crippen molar-refractivity contribution in [3.8, 4) is 10.7 Å². The monoisotopic (exact) mass is 248 g/mol. The maximum absolute atomic E-state index is 4.00. The Labute approximate surface area is 105 Å². The molecule has 0 amide bonds. The molecule has 4 nitrogen and oxygen atoms in total. The fourth-order valence-corrected chi connectivity index (χ4v) is 1.69. The van der Waals surface area contributed by atoms with Gasteiger partial charge in [-0.2, -0.15) is 5.10 Å². The lowest BCUT2D eigenvalue weighted by atomic mass is 10.5. The van der Waals surface area contributed by atoms with E-state index in [1.54, 1.807) is 11.3 Å². The SMILES string of the molecule is CC.c1cc[nH]c1.c1csc(-c2ncn[nH]2)c1. The molecule has 0 aliphatic rings. The van der Waals surface area contributed by atoms with Crippen molar-refractivity contribution in [1.82, 2.24) is 20.2 Å². The van der Waals surface area contributed by atoms with Gasteiger partial charge in [0.05, 0.1) is 4.88 Å². The lowest BCUT2D eigenvalue weighted by Gasteiger charge is -1.83. The van der Waals surface area contributed by atoms with E-state index in [4.69, 9.17) is 0 Å². The van der Waals surface area contributed by atoms with Crippen molar-refractivity contribution in [3.05, 3.63) is 48.4 Å².